The standard InChI is InChI=1S/C4H10O.3ClH.V/c1-3-5-4-2;;;;/h3-4H2,1-2H3;3*1H;/q;;;;+3/p-3. The van der Waals surface area contributed by atoms with E-state index in [-0.39, 0.29) is 55.8 Å². The van der Waals surface area contributed by atoms with E-state index in [1.807, 2.05) is 13.8 Å². The van der Waals surface area contributed by atoms with Gasteiger partial charge in [0, 0.05) is 13.2 Å². The van der Waals surface area contributed by atoms with Gasteiger partial charge in [0.1, 0.15) is 0 Å². The molecule has 0 heterocycles. The molecule has 0 saturated heterocycles. The van der Waals surface area contributed by atoms with E-state index < -0.39 is 0 Å². The van der Waals surface area contributed by atoms with Crippen LogP contribution in [0.15, 0.2) is 0 Å². The minimum atomic E-state index is 0. The maximum atomic E-state index is 4.83. The quantitative estimate of drug-likeness (QED) is 0.459. The van der Waals surface area contributed by atoms with Crippen molar-refractivity contribution in [2.24, 2.45) is 0 Å². The smallest absolute Gasteiger partial charge is 1.00 e. The monoisotopic (exact) mass is 230 g/mol. The maximum Gasteiger partial charge on any atom is 3.00 e. The third kappa shape index (κ3) is 44.4. The Labute approximate surface area is 87.4 Å². The summed E-state index contributed by atoms with van der Waals surface area (Å²) in [5, 5.41) is 0. The van der Waals surface area contributed by atoms with Crippen LogP contribution in [-0.4, -0.2) is 13.2 Å². The SMILES string of the molecule is CCOCC.[Cl-].[Cl-].[Cl-].[V+3]. The molecule has 0 N–H and O–H groups in total. The van der Waals surface area contributed by atoms with Crippen LogP contribution in [0.2, 0.25) is 0 Å². The second kappa shape index (κ2) is 34.2. The number of halogens is 3. The van der Waals surface area contributed by atoms with Gasteiger partial charge in [0.2, 0.25) is 0 Å². The van der Waals surface area contributed by atoms with Gasteiger partial charge in [-0.25, -0.2) is 0 Å². The summed E-state index contributed by atoms with van der Waals surface area (Å²) in [4.78, 5) is 0. The predicted molar refractivity (Wildman–Crippen MR) is 22.2 cm³/mol. The van der Waals surface area contributed by atoms with E-state index in [1.165, 1.54) is 0 Å². The molecule has 0 aliphatic rings. The first-order chi connectivity index (χ1) is 2.41. The fourth-order valence-electron chi connectivity index (χ4n) is 0.204. The Bertz CT molecular complexity index is 23.3. The van der Waals surface area contributed by atoms with Crippen LogP contribution in [-0.2, 0) is 23.3 Å². The summed E-state index contributed by atoms with van der Waals surface area (Å²) in [5.74, 6) is 0. The van der Waals surface area contributed by atoms with Gasteiger partial charge < -0.3 is 42.0 Å². The molecule has 0 aliphatic carbocycles. The van der Waals surface area contributed by atoms with E-state index in [1.54, 1.807) is 0 Å². The third-order valence-electron chi connectivity index (χ3n) is 0.408. The van der Waals surface area contributed by atoms with Crippen molar-refractivity contribution in [3.8, 4) is 0 Å². The van der Waals surface area contributed by atoms with Crippen LogP contribution in [0, 0.1) is 0 Å². The molecule has 0 spiro atoms. The second-order valence-corrected chi connectivity index (χ2v) is 0.781. The third-order valence-corrected chi connectivity index (χ3v) is 0.408. The number of hydrogen-bond acceptors (Lipinski definition) is 1. The van der Waals surface area contributed by atoms with Crippen LogP contribution in [0.25, 0.3) is 0 Å². The zero-order chi connectivity index (χ0) is 4.12. The van der Waals surface area contributed by atoms with Crippen molar-refractivity contribution in [1.29, 1.82) is 0 Å². The molecule has 0 radical (unpaired) electrons. The van der Waals surface area contributed by atoms with Gasteiger partial charge in [0.05, 0.1) is 0 Å². The number of hydrogen-bond donors (Lipinski definition) is 0. The summed E-state index contributed by atoms with van der Waals surface area (Å²) < 4.78 is 4.83. The molecule has 58 valence electrons. The van der Waals surface area contributed by atoms with E-state index in [9.17, 15) is 0 Å². The van der Waals surface area contributed by atoms with E-state index in [2.05, 4.69) is 0 Å². The fraction of sp³-hybridized carbons (Fsp3) is 1.00. The average molecular weight is 231 g/mol. The van der Waals surface area contributed by atoms with Gasteiger partial charge in [-0.15, -0.1) is 0 Å². The molecule has 0 aromatic carbocycles. The topological polar surface area (TPSA) is 9.23 Å². The summed E-state index contributed by atoms with van der Waals surface area (Å²) in [6.07, 6.45) is 0. The predicted octanol–water partition coefficient (Wildman–Crippen LogP) is -7.95. The van der Waals surface area contributed by atoms with E-state index in [4.69, 9.17) is 4.74 Å². The van der Waals surface area contributed by atoms with Crippen molar-refractivity contribution in [2.75, 3.05) is 13.2 Å². The normalized spacial score (nSPS) is 4.67. The zero-order valence-corrected chi connectivity index (χ0v) is 9.07. The molecule has 0 rings (SSSR count). The van der Waals surface area contributed by atoms with Crippen LogP contribution in [0.3, 0.4) is 0 Å². The van der Waals surface area contributed by atoms with Gasteiger partial charge >= 0.3 is 18.6 Å². The zero-order valence-electron chi connectivity index (χ0n) is 5.40. The molecule has 1 nitrogen and oxygen atoms in total. The molecule has 9 heavy (non-hydrogen) atoms. The van der Waals surface area contributed by atoms with Crippen LogP contribution in [0.5, 0.6) is 0 Å². The minimum absolute atomic E-state index is 0. The molecule has 0 bridgehead atoms. The molecule has 0 aromatic heterocycles. The van der Waals surface area contributed by atoms with Crippen molar-refractivity contribution < 1.29 is 60.5 Å². The van der Waals surface area contributed by atoms with Crippen molar-refractivity contribution in [3.05, 3.63) is 0 Å². The van der Waals surface area contributed by atoms with Gasteiger partial charge in [0.25, 0.3) is 0 Å². The van der Waals surface area contributed by atoms with Crippen LogP contribution < -0.4 is 37.2 Å². The summed E-state index contributed by atoms with van der Waals surface area (Å²) in [7, 11) is 0. The van der Waals surface area contributed by atoms with Gasteiger partial charge in [-0.3, -0.25) is 0 Å². The Kier molecular flexibility index (Phi) is 120. The Balaban J connectivity index is -0.0000000133. The average Bonchev–Trinajstić information content (AvgIpc) is 1.41. The molecule has 0 aromatic rings. The Morgan fingerprint density at radius 2 is 1.11 bits per heavy atom. The summed E-state index contributed by atoms with van der Waals surface area (Å²) in [6, 6.07) is 0. The first kappa shape index (κ1) is 31.5. The summed E-state index contributed by atoms with van der Waals surface area (Å²) >= 11 is 0. The number of rotatable bonds is 2. The van der Waals surface area contributed by atoms with Crippen molar-refractivity contribution in [1.82, 2.24) is 0 Å². The van der Waals surface area contributed by atoms with Gasteiger partial charge in [0.15, 0.2) is 0 Å². The maximum absolute atomic E-state index is 4.83. The van der Waals surface area contributed by atoms with Crippen molar-refractivity contribution in [3.63, 3.8) is 0 Å². The first-order valence-corrected chi connectivity index (χ1v) is 1.99. The van der Waals surface area contributed by atoms with Crippen molar-refractivity contribution >= 4 is 0 Å². The first-order valence-electron chi connectivity index (χ1n) is 1.99. The Hall–Kier alpha value is 1.41. The minimum Gasteiger partial charge on any atom is -1.00 e. The summed E-state index contributed by atoms with van der Waals surface area (Å²) in [5.41, 5.74) is 0. The van der Waals surface area contributed by atoms with Crippen LogP contribution in [0.4, 0.5) is 0 Å². The number of ether oxygens (including phenoxy) is 1. The van der Waals surface area contributed by atoms with E-state index in [0.717, 1.165) is 13.2 Å². The van der Waals surface area contributed by atoms with Gasteiger partial charge in [-0.1, -0.05) is 0 Å². The molecule has 0 aliphatic heterocycles. The molecular formula is C4H10Cl3OV. The molecular weight excluding hydrogens is 221 g/mol. The molecule has 0 fully saturated rings. The van der Waals surface area contributed by atoms with E-state index >= 15 is 0 Å². The van der Waals surface area contributed by atoms with Gasteiger partial charge in [-0.05, 0) is 13.8 Å². The fourth-order valence-corrected chi connectivity index (χ4v) is 0.204. The molecule has 5 heteroatoms. The molecule has 0 atom stereocenters. The second-order valence-electron chi connectivity index (χ2n) is 0.781. The van der Waals surface area contributed by atoms with Crippen LogP contribution in [0.1, 0.15) is 13.8 Å². The Morgan fingerprint density at radius 1 is 0.889 bits per heavy atom. The molecule has 0 saturated carbocycles. The van der Waals surface area contributed by atoms with Gasteiger partial charge in [-0.2, -0.15) is 0 Å². The molecule has 0 unspecified atom stereocenters. The Morgan fingerprint density at radius 3 is 1.11 bits per heavy atom. The van der Waals surface area contributed by atoms with Crippen molar-refractivity contribution in [2.45, 2.75) is 13.8 Å². The summed E-state index contributed by atoms with van der Waals surface area (Å²) in [6.45, 7) is 5.67. The molecule has 0 amide bonds. The van der Waals surface area contributed by atoms with E-state index in [0.29, 0.717) is 0 Å². The largest absolute Gasteiger partial charge is 3.00 e. The van der Waals surface area contributed by atoms with Crippen LogP contribution >= 0.6 is 0 Å².